The Balaban J connectivity index is 1.97. The molecule has 0 unspecified atom stereocenters. The standard InChI is InChI=1S/C11H13ClN6O3/c1-14-10(20)7-4(19)2-5(21-7)18-3-15-6-8(13)16-11(12)17-9(6)18/h3-5,7,19H,2H2,1H3,(H,14,20)(H2,13,16,17)/t4-,5+,7-/m0/s1. The molecule has 2 aromatic rings. The molecule has 3 heterocycles. The molecule has 4 N–H and O–H groups in total. The first-order chi connectivity index (χ1) is 10.0. The highest BCUT2D eigenvalue weighted by atomic mass is 35.5. The first-order valence-electron chi connectivity index (χ1n) is 6.22. The number of amides is 1. The Bertz CT molecular complexity index is 705. The summed E-state index contributed by atoms with van der Waals surface area (Å²) < 4.78 is 7.15. The van der Waals surface area contributed by atoms with Crippen molar-refractivity contribution in [1.29, 1.82) is 0 Å². The number of aliphatic hydroxyl groups is 1. The Morgan fingerprint density at radius 2 is 2.38 bits per heavy atom. The van der Waals surface area contributed by atoms with Gasteiger partial charge in [-0.05, 0) is 11.6 Å². The normalized spacial score (nSPS) is 25.4. The van der Waals surface area contributed by atoms with Crippen molar-refractivity contribution in [1.82, 2.24) is 24.8 Å². The van der Waals surface area contributed by atoms with Crippen LogP contribution < -0.4 is 11.1 Å². The quantitative estimate of drug-likeness (QED) is 0.635. The molecule has 112 valence electrons. The maximum absolute atomic E-state index is 11.6. The van der Waals surface area contributed by atoms with Crippen LogP contribution in [0.1, 0.15) is 12.6 Å². The van der Waals surface area contributed by atoms with Gasteiger partial charge in [-0.2, -0.15) is 9.97 Å². The number of carbonyl (C=O) groups is 1. The lowest BCUT2D eigenvalue weighted by Gasteiger charge is -2.14. The van der Waals surface area contributed by atoms with Gasteiger partial charge in [0.25, 0.3) is 5.91 Å². The van der Waals surface area contributed by atoms with Gasteiger partial charge in [0.1, 0.15) is 11.7 Å². The largest absolute Gasteiger partial charge is 0.390 e. The highest BCUT2D eigenvalue weighted by Gasteiger charge is 2.39. The molecule has 1 saturated heterocycles. The van der Waals surface area contributed by atoms with Gasteiger partial charge >= 0.3 is 0 Å². The number of likely N-dealkylation sites (N-methyl/N-ethyl adjacent to an activating group) is 1. The van der Waals surface area contributed by atoms with Crippen LogP contribution in [-0.4, -0.2) is 49.8 Å². The van der Waals surface area contributed by atoms with Gasteiger partial charge in [0.05, 0.1) is 12.4 Å². The Labute approximate surface area is 124 Å². The number of hydrogen-bond donors (Lipinski definition) is 3. The number of imidazole rings is 1. The fraction of sp³-hybridized carbons (Fsp3) is 0.455. The number of aromatic nitrogens is 4. The summed E-state index contributed by atoms with van der Waals surface area (Å²) in [6, 6.07) is 0. The van der Waals surface area contributed by atoms with Crippen molar-refractivity contribution in [3.05, 3.63) is 11.6 Å². The minimum absolute atomic E-state index is 0.0110. The zero-order valence-electron chi connectivity index (χ0n) is 11.0. The molecule has 9 nitrogen and oxygen atoms in total. The minimum Gasteiger partial charge on any atom is -0.390 e. The molecule has 1 amide bonds. The summed E-state index contributed by atoms with van der Waals surface area (Å²) >= 11 is 5.79. The molecule has 0 saturated carbocycles. The van der Waals surface area contributed by atoms with E-state index in [2.05, 4.69) is 20.3 Å². The van der Waals surface area contributed by atoms with Crippen LogP contribution in [0, 0.1) is 0 Å². The molecule has 1 fully saturated rings. The topological polar surface area (TPSA) is 128 Å². The fourth-order valence-corrected chi connectivity index (χ4v) is 2.50. The lowest BCUT2D eigenvalue weighted by Crippen LogP contribution is -2.38. The summed E-state index contributed by atoms with van der Waals surface area (Å²) in [5.41, 5.74) is 6.51. The molecular weight excluding hydrogens is 300 g/mol. The second-order valence-corrected chi connectivity index (χ2v) is 4.97. The summed E-state index contributed by atoms with van der Waals surface area (Å²) in [4.78, 5) is 23.6. The molecule has 0 aromatic carbocycles. The Morgan fingerprint density at radius 3 is 3.10 bits per heavy atom. The number of nitrogens with zero attached hydrogens (tertiary/aromatic N) is 4. The predicted molar refractivity (Wildman–Crippen MR) is 73.3 cm³/mol. The first-order valence-corrected chi connectivity index (χ1v) is 6.59. The molecule has 0 radical (unpaired) electrons. The summed E-state index contributed by atoms with van der Waals surface area (Å²) in [5.74, 6) is -0.230. The second-order valence-electron chi connectivity index (χ2n) is 4.63. The SMILES string of the molecule is CNC(=O)[C@H]1O[C@@H](n2cnc3c(N)nc(Cl)nc32)C[C@@H]1O. The third-order valence-corrected chi connectivity index (χ3v) is 3.50. The molecule has 1 aliphatic heterocycles. The van der Waals surface area contributed by atoms with E-state index in [1.807, 2.05) is 0 Å². The average Bonchev–Trinajstić information content (AvgIpc) is 3.01. The zero-order chi connectivity index (χ0) is 15.1. The molecule has 0 aliphatic carbocycles. The third kappa shape index (κ3) is 2.28. The Morgan fingerprint density at radius 1 is 1.62 bits per heavy atom. The number of hydrogen-bond acceptors (Lipinski definition) is 7. The number of aliphatic hydroxyl groups excluding tert-OH is 1. The van der Waals surface area contributed by atoms with E-state index in [0.717, 1.165) is 0 Å². The lowest BCUT2D eigenvalue weighted by atomic mass is 10.1. The molecule has 2 aromatic heterocycles. The van der Waals surface area contributed by atoms with Crippen molar-refractivity contribution in [2.24, 2.45) is 0 Å². The van der Waals surface area contributed by atoms with Crippen molar-refractivity contribution in [2.45, 2.75) is 24.9 Å². The van der Waals surface area contributed by atoms with Crippen LogP contribution in [-0.2, 0) is 9.53 Å². The highest BCUT2D eigenvalue weighted by Crippen LogP contribution is 2.31. The van der Waals surface area contributed by atoms with Crippen molar-refractivity contribution in [3.8, 4) is 0 Å². The number of nitrogen functional groups attached to an aromatic ring is 1. The van der Waals surface area contributed by atoms with Gasteiger partial charge in [-0.3, -0.25) is 9.36 Å². The van der Waals surface area contributed by atoms with Gasteiger partial charge in [-0.15, -0.1) is 0 Å². The maximum Gasteiger partial charge on any atom is 0.251 e. The van der Waals surface area contributed by atoms with E-state index in [-0.39, 0.29) is 23.4 Å². The first kappa shape index (κ1) is 14.0. The van der Waals surface area contributed by atoms with E-state index in [0.29, 0.717) is 11.2 Å². The van der Waals surface area contributed by atoms with Crippen LogP contribution in [0.4, 0.5) is 5.82 Å². The van der Waals surface area contributed by atoms with Crippen molar-refractivity contribution in [2.75, 3.05) is 12.8 Å². The van der Waals surface area contributed by atoms with Crippen LogP contribution in [0.3, 0.4) is 0 Å². The summed E-state index contributed by atoms with van der Waals surface area (Å²) in [6.07, 6.45) is -0.743. The average molecular weight is 313 g/mol. The second kappa shape index (κ2) is 5.10. The van der Waals surface area contributed by atoms with E-state index in [4.69, 9.17) is 22.1 Å². The van der Waals surface area contributed by atoms with Crippen LogP contribution in [0.5, 0.6) is 0 Å². The number of carbonyl (C=O) groups excluding carboxylic acids is 1. The van der Waals surface area contributed by atoms with E-state index < -0.39 is 18.4 Å². The number of halogens is 1. The van der Waals surface area contributed by atoms with Crippen LogP contribution >= 0.6 is 11.6 Å². The van der Waals surface area contributed by atoms with Crippen molar-refractivity contribution >= 4 is 34.5 Å². The van der Waals surface area contributed by atoms with Crippen molar-refractivity contribution < 1.29 is 14.6 Å². The summed E-state index contributed by atoms with van der Waals surface area (Å²) in [7, 11) is 1.48. The van der Waals surface area contributed by atoms with Gasteiger partial charge in [0.2, 0.25) is 5.28 Å². The number of anilines is 1. The van der Waals surface area contributed by atoms with Gasteiger partial charge < -0.3 is 20.9 Å². The van der Waals surface area contributed by atoms with Gasteiger partial charge in [0, 0.05) is 13.5 Å². The molecule has 3 rings (SSSR count). The predicted octanol–water partition coefficient (Wildman–Crippen LogP) is -0.544. The third-order valence-electron chi connectivity index (χ3n) is 3.33. The molecule has 0 bridgehead atoms. The van der Waals surface area contributed by atoms with E-state index in [1.54, 1.807) is 4.57 Å². The highest BCUT2D eigenvalue weighted by molar-refractivity contribution is 6.28. The number of nitrogens with one attached hydrogen (secondary N) is 1. The van der Waals surface area contributed by atoms with Gasteiger partial charge in [-0.1, -0.05) is 0 Å². The number of fused-ring (bicyclic) bond motifs is 1. The van der Waals surface area contributed by atoms with Gasteiger partial charge in [0.15, 0.2) is 17.6 Å². The van der Waals surface area contributed by atoms with Crippen LogP contribution in [0.2, 0.25) is 5.28 Å². The van der Waals surface area contributed by atoms with Crippen LogP contribution in [0.15, 0.2) is 6.33 Å². The fourth-order valence-electron chi connectivity index (χ4n) is 2.33. The maximum atomic E-state index is 11.6. The van der Waals surface area contributed by atoms with E-state index in [1.165, 1.54) is 13.4 Å². The van der Waals surface area contributed by atoms with Crippen LogP contribution in [0.25, 0.3) is 11.2 Å². The molecular formula is C11H13ClN6O3. The number of rotatable bonds is 2. The summed E-state index contributed by atoms with van der Waals surface area (Å²) in [5, 5.41) is 12.4. The smallest absolute Gasteiger partial charge is 0.251 e. The monoisotopic (exact) mass is 312 g/mol. The Hall–Kier alpha value is -1.97. The lowest BCUT2D eigenvalue weighted by molar-refractivity contribution is -0.137. The van der Waals surface area contributed by atoms with E-state index in [9.17, 15) is 9.90 Å². The Kier molecular flexibility index (Phi) is 3.40. The van der Waals surface area contributed by atoms with E-state index >= 15 is 0 Å². The molecule has 1 aliphatic rings. The summed E-state index contributed by atoms with van der Waals surface area (Å²) in [6.45, 7) is 0. The molecule has 3 atom stereocenters. The molecule has 0 spiro atoms. The zero-order valence-corrected chi connectivity index (χ0v) is 11.8. The molecule has 21 heavy (non-hydrogen) atoms. The number of ether oxygens (including phenoxy) is 1. The minimum atomic E-state index is -0.938. The van der Waals surface area contributed by atoms with Crippen molar-refractivity contribution in [3.63, 3.8) is 0 Å². The van der Waals surface area contributed by atoms with Gasteiger partial charge in [-0.25, -0.2) is 4.98 Å². The molecule has 10 heteroatoms. The number of nitrogens with two attached hydrogens (primary N) is 1.